The highest BCUT2D eigenvalue weighted by atomic mass is 19.1. The van der Waals surface area contributed by atoms with E-state index in [1.54, 1.807) is 42.6 Å². The summed E-state index contributed by atoms with van der Waals surface area (Å²) < 4.78 is 31.5. The van der Waals surface area contributed by atoms with E-state index in [9.17, 15) is 8.78 Å². The van der Waals surface area contributed by atoms with E-state index >= 15 is 0 Å². The topological polar surface area (TPSA) is 63.8 Å². The third-order valence-electron chi connectivity index (χ3n) is 3.91. The molecule has 4 rings (SSSR count). The fourth-order valence-corrected chi connectivity index (χ4v) is 2.51. The van der Waals surface area contributed by atoms with Gasteiger partial charge >= 0.3 is 0 Å². The number of nitrogens with zero attached hydrogens (tertiary/aromatic N) is 3. The van der Waals surface area contributed by atoms with Gasteiger partial charge in [0.2, 0.25) is 5.82 Å². The fraction of sp³-hybridized carbons (Fsp3) is 0.0500. The largest absolute Gasteiger partial charge is 0.366 e. The lowest BCUT2D eigenvalue weighted by Crippen LogP contribution is -2.01. The van der Waals surface area contributed by atoms with Gasteiger partial charge in [0.25, 0.3) is 5.89 Å². The number of hydrogen-bond acceptors (Lipinski definition) is 5. The molecule has 0 spiro atoms. The lowest BCUT2D eigenvalue weighted by molar-refractivity contribution is 0.432. The van der Waals surface area contributed by atoms with Crippen LogP contribution in [0, 0.1) is 11.6 Å². The Morgan fingerprint density at radius 2 is 1.74 bits per heavy atom. The van der Waals surface area contributed by atoms with Gasteiger partial charge in [-0.05, 0) is 42.0 Å². The zero-order valence-electron chi connectivity index (χ0n) is 14.1. The van der Waals surface area contributed by atoms with Crippen molar-refractivity contribution in [2.45, 2.75) is 6.54 Å². The van der Waals surface area contributed by atoms with Gasteiger partial charge in [0.1, 0.15) is 17.5 Å². The first-order chi connectivity index (χ1) is 13.2. The number of nitrogens with one attached hydrogen (secondary N) is 1. The summed E-state index contributed by atoms with van der Waals surface area (Å²) >= 11 is 0. The molecule has 0 saturated carbocycles. The molecule has 5 nitrogen and oxygen atoms in total. The SMILES string of the molecule is Fc1ccc(CNc2ccc(-c3nc(-c4cccc(F)c4)no3)cn2)cc1. The number of rotatable bonds is 5. The fourth-order valence-electron chi connectivity index (χ4n) is 2.51. The monoisotopic (exact) mass is 364 g/mol. The summed E-state index contributed by atoms with van der Waals surface area (Å²) in [5, 5.41) is 7.04. The maximum atomic E-state index is 13.3. The second-order valence-corrected chi connectivity index (χ2v) is 5.85. The maximum absolute atomic E-state index is 13.3. The van der Waals surface area contributed by atoms with Crippen LogP contribution in [0.25, 0.3) is 22.8 Å². The number of pyridine rings is 1. The number of hydrogen-bond donors (Lipinski definition) is 1. The number of anilines is 1. The van der Waals surface area contributed by atoms with E-state index in [4.69, 9.17) is 4.52 Å². The van der Waals surface area contributed by atoms with Crippen LogP contribution < -0.4 is 5.32 Å². The molecule has 7 heteroatoms. The number of aromatic nitrogens is 3. The third kappa shape index (κ3) is 3.98. The number of halogens is 2. The van der Waals surface area contributed by atoms with Crippen molar-refractivity contribution < 1.29 is 13.3 Å². The standard InChI is InChI=1S/C20H14F2N4O/c21-16-7-4-13(5-8-16)11-23-18-9-6-15(12-24-18)20-25-19(26-27-20)14-2-1-3-17(22)10-14/h1-10,12H,11H2,(H,23,24). The Bertz CT molecular complexity index is 1050. The molecule has 0 aliphatic heterocycles. The van der Waals surface area contributed by atoms with E-state index in [0.717, 1.165) is 5.56 Å². The summed E-state index contributed by atoms with van der Waals surface area (Å²) in [6.07, 6.45) is 1.61. The Morgan fingerprint density at radius 1 is 0.889 bits per heavy atom. The molecule has 0 radical (unpaired) electrons. The molecular formula is C20H14F2N4O. The first-order valence-corrected chi connectivity index (χ1v) is 8.22. The maximum Gasteiger partial charge on any atom is 0.259 e. The summed E-state index contributed by atoms with van der Waals surface area (Å²) in [6.45, 7) is 0.525. The molecule has 1 N–H and O–H groups in total. The molecule has 0 unspecified atom stereocenters. The quantitative estimate of drug-likeness (QED) is 0.557. The minimum absolute atomic E-state index is 0.265. The van der Waals surface area contributed by atoms with Crippen LogP contribution in [-0.2, 0) is 6.54 Å². The predicted octanol–water partition coefficient (Wildman–Crippen LogP) is 4.69. The Morgan fingerprint density at radius 3 is 2.48 bits per heavy atom. The minimum Gasteiger partial charge on any atom is -0.366 e. The van der Waals surface area contributed by atoms with Crippen molar-refractivity contribution in [3.63, 3.8) is 0 Å². The summed E-state index contributed by atoms with van der Waals surface area (Å²) in [6, 6.07) is 15.8. The van der Waals surface area contributed by atoms with Gasteiger partial charge in [0, 0.05) is 18.3 Å². The molecule has 2 aromatic heterocycles. The zero-order valence-corrected chi connectivity index (χ0v) is 14.1. The van der Waals surface area contributed by atoms with Gasteiger partial charge in [-0.15, -0.1) is 0 Å². The van der Waals surface area contributed by atoms with Gasteiger partial charge in [0.05, 0.1) is 5.56 Å². The van der Waals surface area contributed by atoms with E-state index in [0.29, 0.717) is 35.2 Å². The minimum atomic E-state index is -0.364. The Balaban J connectivity index is 1.45. The highest BCUT2D eigenvalue weighted by molar-refractivity contribution is 5.60. The van der Waals surface area contributed by atoms with E-state index in [1.165, 1.54) is 24.3 Å². The van der Waals surface area contributed by atoms with Crippen molar-refractivity contribution in [3.05, 3.63) is 84.1 Å². The lowest BCUT2D eigenvalue weighted by atomic mass is 10.2. The van der Waals surface area contributed by atoms with E-state index in [-0.39, 0.29) is 11.6 Å². The van der Waals surface area contributed by atoms with Crippen LogP contribution in [0.2, 0.25) is 0 Å². The average Bonchev–Trinajstić information content (AvgIpc) is 3.18. The van der Waals surface area contributed by atoms with Crippen molar-refractivity contribution in [3.8, 4) is 22.8 Å². The van der Waals surface area contributed by atoms with Crippen molar-refractivity contribution in [2.75, 3.05) is 5.32 Å². The second kappa shape index (κ2) is 7.33. The van der Waals surface area contributed by atoms with Gasteiger partial charge < -0.3 is 9.84 Å². The van der Waals surface area contributed by atoms with E-state index in [1.807, 2.05) is 0 Å². The Hall–Kier alpha value is -3.61. The van der Waals surface area contributed by atoms with Gasteiger partial charge in [-0.3, -0.25) is 0 Å². The van der Waals surface area contributed by atoms with Crippen LogP contribution in [0.4, 0.5) is 14.6 Å². The smallest absolute Gasteiger partial charge is 0.259 e. The normalized spacial score (nSPS) is 10.7. The highest BCUT2D eigenvalue weighted by Gasteiger charge is 2.11. The molecule has 134 valence electrons. The van der Waals surface area contributed by atoms with Crippen LogP contribution in [0.3, 0.4) is 0 Å². The third-order valence-corrected chi connectivity index (χ3v) is 3.91. The summed E-state index contributed by atoms with van der Waals surface area (Å²) in [7, 11) is 0. The highest BCUT2D eigenvalue weighted by Crippen LogP contribution is 2.23. The summed E-state index contributed by atoms with van der Waals surface area (Å²) in [4.78, 5) is 8.59. The lowest BCUT2D eigenvalue weighted by Gasteiger charge is -2.05. The second-order valence-electron chi connectivity index (χ2n) is 5.85. The van der Waals surface area contributed by atoms with E-state index in [2.05, 4.69) is 20.4 Å². The van der Waals surface area contributed by atoms with Gasteiger partial charge in [-0.1, -0.05) is 29.4 Å². The van der Waals surface area contributed by atoms with Crippen LogP contribution in [-0.4, -0.2) is 15.1 Å². The molecule has 0 saturated heterocycles. The van der Waals surface area contributed by atoms with Crippen molar-refractivity contribution in [1.82, 2.24) is 15.1 Å². The Kier molecular flexibility index (Phi) is 4.57. The molecule has 0 atom stereocenters. The first-order valence-electron chi connectivity index (χ1n) is 8.22. The Labute approximate surface area is 153 Å². The van der Waals surface area contributed by atoms with Gasteiger partial charge in [0.15, 0.2) is 0 Å². The van der Waals surface area contributed by atoms with Crippen LogP contribution in [0.5, 0.6) is 0 Å². The number of benzene rings is 2. The summed E-state index contributed by atoms with van der Waals surface area (Å²) in [5.74, 6) is 0.637. The average molecular weight is 364 g/mol. The molecule has 4 aromatic rings. The molecule has 0 amide bonds. The van der Waals surface area contributed by atoms with Crippen molar-refractivity contribution in [2.24, 2.45) is 0 Å². The van der Waals surface area contributed by atoms with Gasteiger partial charge in [-0.2, -0.15) is 4.98 Å². The molecule has 0 aliphatic rings. The van der Waals surface area contributed by atoms with E-state index < -0.39 is 0 Å². The van der Waals surface area contributed by atoms with Crippen LogP contribution >= 0.6 is 0 Å². The molecule has 27 heavy (non-hydrogen) atoms. The van der Waals surface area contributed by atoms with Crippen LogP contribution in [0.1, 0.15) is 5.56 Å². The molecule has 0 bridgehead atoms. The summed E-state index contributed by atoms with van der Waals surface area (Å²) in [5.41, 5.74) is 2.13. The molecule has 2 aromatic carbocycles. The molecule has 0 fully saturated rings. The zero-order chi connectivity index (χ0) is 18.6. The molecular weight excluding hydrogens is 350 g/mol. The molecule has 2 heterocycles. The predicted molar refractivity (Wildman–Crippen MR) is 96.6 cm³/mol. The van der Waals surface area contributed by atoms with Crippen molar-refractivity contribution >= 4 is 5.82 Å². The van der Waals surface area contributed by atoms with Crippen LogP contribution in [0.15, 0.2) is 71.4 Å². The molecule has 0 aliphatic carbocycles. The van der Waals surface area contributed by atoms with Crippen molar-refractivity contribution in [1.29, 1.82) is 0 Å². The van der Waals surface area contributed by atoms with Gasteiger partial charge in [-0.25, -0.2) is 13.8 Å². The first kappa shape index (κ1) is 16.8.